The number of piperidine rings is 1. The monoisotopic (exact) mass is 359 g/mol. The predicted octanol–water partition coefficient (Wildman–Crippen LogP) is 3.98. The first-order valence-electron chi connectivity index (χ1n) is 9.71. The van der Waals surface area contributed by atoms with Crippen molar-refractivity contribution in [3.63, 3.8) is 0 Å². The maximum absolute atomic E-state index is 6.16. The number of nitrogens with zero attached hydrogens (tertiary/aromatic N) is 1. The van der Waals surface area contributed by atoms with Crippen LogP contribution in [0.3, 0.4) is 0 Å². The summed E-state index contributed by atoms with van der Waals surface area (Å²) >= 11 is 2.10. The third-order valence-corrected chi connectivity index (χ3v) is 7.64. The van der Waals surface area contributed by atoms with Crippen LogP contribution in [-0.4, -0.2) is 41.0 Å². The normalized spacial score (nSPS) is 27.0. The van der Waals surface area contributed by atoms with Crippen molar-refractivity contribution in [2.75, 3.05) is 13.1 Å². The molecule has 2 heterocycles. The highest BCUT2D eigenvalue weighted by molar-refractivity contribution is 7.97. The van der Waals surface area contributed by atoms with E-state index in [9.17, 15) is 0 Å². The van der Waals surface area contributed by atoms with Crippen molar-refractivity contribution >= 4 is 24.5 Å². The lowest BCUT2D eigenvalue weighted by molar-refractivity contribution is 0.00578. The molecule has 0 unspecified atom stereocenters. The van der Waals surface area contributed by atoms with Crippen LogP contribution in [-0.2, 0) is 9.31 Å². The fourth-order valence-corrected chi connectivity index (χ4v) is 4.77. The van der Waals surface area contributed by atoms with Gasteiger partial charge in [-0.15, -0.1) is 0 Å². The van der Waals surface area contributed by atoms with E-state index in [1.165, 1.54) is 44.3 Å². The largest absolute Gasteiger partial charge is 0.494 e. The summed E-state index contributed by atoms with van der Waals surface area (Å²) in [6.45, 7) is 10.9. The van der Waals surface area contributed by atoms with Gasteiger partial charge in [-0.05, 0) is 70.3 Å². The molecule has 0 amide bonds. The molecule has 0 radical (unpaired) electrons. The minimum atomic E-state index is -0.275. The Balaban J connectivity index is 1.36. The van der Waals surface area contributed by atoms with Crippen LogP contribution in [0, 0.1) is 0 Å². The van der Waals surface area contributed by atoms with Gasteiger partial charge in [0, 0.05) is 18.3 Å². The maximum Gasteiger partial charge on any atom is 0.494 e. The maximum atomic E-state index is 6.16. The minimum absolute atomic E-state index is 0.254. The Morgan fingerprint density at radius 2 is 1.48 bits per heavy atom. The van der Waals surface area contributed by atoms with Crippen molar-refractivity contribution in [1.82, 2.24) is 4.31 Å². The molecular formula is C20H30BNO2S. The van der Waals surface area contributed by atoms with E-state index in [1.54, 1.807) is 0 Å². The minimum Gasteiger partial charge on any atom is -0.399 e. The highest BCUT2D eigenvalue weighted by Crippen LogP contribution is 2.40. The molecule has 3 nitrogen and oxygen atoms in total. The van der Waals surface area contributed by atoms with Gasteiger partial charge in [-0.3, -0.25) is 4.31 Å². The molecule has 2 aliphatic heterocycles. The second-order valence-corrected chi connectivity index (χ2v) is 10.2. The Labute approximate surface area is 157 Å². The van der Waals surface area contributed by atoms with E-state index in [4.69, 9.17) is 9.31 Å². The molecule has 0 atom stereocenters. The molecule has 0 N–H and O–H groups in total. The van der Waals surface area contributed by atoms with Gasteiger partial charge in [0.25, 0.3) is 0 Å². The fraction of sp³-hybridized carbons (Fsp3) is 0.700. The first-order valence-corrected chi connectivity index (χ1v) is 10.5. The zero-order valence-corrected chi connectivity index (χ0v) is 16.8. The average molecular weight is 359 g/mol. The number of hydrogen-bond acceptors (Lipinski definition) is 4. The molecule has 4 rings (SSSR count). The van der Waals surface area contributed by atoms with E-state index >= 15 is 0 Å². The zero-order chi connectivity index (χ0) is 17.7. The zero-order valence-electron chi connectivity index (χ0n) is 16.0. The van der Waals surface area contributed by atoms with Crippen LogP contribution in [0.25, 0.3) is 0 Å². The van der Waals surface area contributed by atoms with E-state index in [2.05, 4.69) is 68.2 Å². The van der Waals surface area contributed by atoms with E-state index in [0.29, 0.717) is 5.92 Å². The van der Waals surface area contributed by atoms with Gasteiger partial charge < -0.3 is 9.31 Å². The second kappa shape index (κ2) is 6.59. The van der Waals surface area contributed by atoms with Crippen molar-refractivity contribution in [3.05, 3.63) is 29.8 Å². The smallest absolute Gasteiger partial charge is 0.399 e. The first kappa shape index (κ1) is 17.9. The summed E-state index contributed by atoms with van der Waals surface area (Å²) < 4.78 is 14.9. The van der Waals surface area contributed by atoms with Gasteiger partial charge in [0.2, 0.25) is 0 Å². The molecule has 5 heteroatoms. The lowest BCUT2D eigenvalue weighted by Gasteiger charge is -2.32. The highest BCUT2D eigenvalue weighted by Gasteiger charge is 2.51. The molecule has 1 aromatic carbocycles. The van der Waals surface area contributed by atoms with Gasteiger partial charge in [-0.1, -0.05) is 36.2 Å². The van der Waals surface area contributed by atoms with E-state index < -0.39 is 0 Å². The summed E-state index contributed by atoms with van der Waals surface area (Å²) in [4.78, 5) is 0. The van der Waals surface area contributed by atoms with Crippen LogP contribution in [0.2, 0.25) is 0 Å². The molecule has 3 fully saturated rings. The highest BCUT2D eigenvalue weighted by atomic mass is 32.2. The molecule has 0 aromatic heterocycles. The molecule has 0 bridgehead atoms. The summed E-state index contributed by atoms with van der Waals surface area (Å²) in [5.74, 6) is 0.698. The average Bonchev–Trinajstić information content (AvgIpc) is 3.35. The van der Waals surface area contributed by atoms with Crippen LogP contribution in [0.5, 0.6) is 0 Å². The Hall–Kier alpha value is -0.485. The Morgan fingerprint density at radius 3 is 2.00 bits per heavy atom. The molecule has 136 valence electrons. The number of hydrogen-bond donors (Lipinski definition) is 0. The lowest BCUT2D eigenvalue weighted by Crippen LogP contribution is -2.41. The van der Waals surface area contributed by atoms with E-state index in [-0.39, 0.29) is 18.3 Å². The van der Waals surface area contributed by atoms with E-state index in [0.717, 1.165) is 10.7 Å². The molecule has 3 aliphatic rings. The standard InChI is InChI=1S/C20H30BNO2S/c1-19(2)20(3,4)24-21(23-19)17-7-5-15(6-8-17)16-11-13-22(14-12-16)25-18-9-10-18/h5-8,16,18H,9-14H2,1-4H3. The first-order chi connectivity index (χ1) is 11.8. The summed E-state index contributed by atoms with van der Waals surface area (Å²) in [7, 11) is -0.254. The van der Waals surface area contributed by atoms with Crippen LogP contribution < -0.4 is 5.46 Å². The van der Waals surface area contributed by atoms with Gasteiger partial charge in [0.05, 0.1) is 11.2 Å². The summed E-state index contributed by atoms with van der Waals surface area (Å²) in [5.41, 5.74) is 2.05. The van der Waals surface area contributed by atoms with Crippen LogP contribution in [0.15, 0.2) is 24.3 Å². The van der Waals surface area contributed by atoms with Crippen molar-refractivity contribution in [2.24, 2.45) is 0 Å². The van der Waals surface area contributed by atoms with Gasteiger partial charge in [-0.25, -0.2) is 0 Å². The molecule has 1 aromatic rings. The quantitative estimate of drug-likeness (QED) is 0.599. The van der Waals surface area contributed by atoms with Crippen molar-refractivity contribution in [2.45, 2.75) is 75.7 Å². The van der Waals surface area contributed by atoms with Gasteiger partial charge in [0.1, 0.15) is 0 Å². The van der Waals surface area contributed by atoms with E-state index in [1.807, 2.05) is 0 Å². The SMILES string of the molecule is CC1(C)OB(c2ccc(C3CCN(SC4CC4)CC3)cc2)OC1(C)C. The van der Waals surface area contributed by atoms with Gasteiger partial charge >= 0.3 is 7.12 Å². The molecule has 2 saturated heterocycles. The summed E-state index contributed by atoms with van der Waals surface area (Å²) in [5, 5.41) is 0.927. The Bertz CT molecular complexity index is 591. The summed E-state index contributed by atoms with van der Waals surface area (Å²) in [6, 6.07) is 8.97. The number of rotatable bonds is 4. The fourth-order valence-electron chi connectivity index (χ4n) is 3.58. The molecular weight excluding hydrogens is 329 g/mol. The lowest BCUT2D eigenvalue weighted by atomic mass is 9.77. The predicted molar refractivity (Wildman–Crippen MR) is 106 cm³/mol. The second-order valence-electron chi connectivity index (χ2n) is 8.76. The third kappa shape index (κ3) is 3.80. The van der Waals surface area contributed by atoms with Crippen LogP contribution in [0.1, 0.15) is 64.9 Å². The summed E-state index contributed by atoms with van der Waals surface area (Å²) in [6.07, 6.45) is 5.39. The van der Waals surface area contributed by atoms with Crippen LogP contribution in [0.4, 0.5) is 0 Å². The molecule has 0 spiro atoms. The molecule has 1 aliphatic carbocycles. The van der Waals surface area contributed by atoms with Crippen molar-refractivity contribution < 1.29 is 9.31 Å². The third-order valence-electron chi connectivity index (χ3n) is 6.21. The van der Waals surface area contributed by atoms with Gasteiger partial charge in [-0.2, -0.15) is 0 Å². The molecule has 25 heavy (non-hydrogen) atoms. The van der Waals surface area contributed by atoms with Crippen molar-refractivity contribution in [1.29, 1.82) is 0 Å². The van der Waals surface area contributed by atoms with Crippen LogP contribution >= 0.6 is 11.9 Å². The Kier molecular flexibility index (Phi) is 4.72. The topological polar surface area (TPSA) is 21.7 Å². The number of benzene rings is 1. The van der Waals surface area contributed by atoms with Crippen molar-refractivity contribution in [3.8, 4) is 0 Å². The molecule has 1 saturated carbocycles. The Morgan fingerprint density at radius 1 is 0.920 bits per heavy atom. The van der Waals surface area contributed by atoms with Gasteiger partial charge in [0.15, 0.2) is 0 Å².